The van der Waals surface area contributed by atoms with Gasteiger partial charge in [0.05, 0.1) is 24.5 Å². The molecule has 1 fully saturated rings. The van der Waals surface area contributed by atoms with E-state index in [1.54, 1.807) is 6.20 Å². The molecule has 2 N–H and O–H groups in total. The summed E-state index contributed by atoms with van der Waals surface area (Å²) in [5.74, 6) is 0.472. The van der Waals surface area contributed by atoms with Gasteiger partial charge < -0.3 is 15.4 Å². The normalized spacial score (nSPS) is 22.8. The van der Waals surface area contributed by atoms with Crippen LogP contribution in [0.2, 0.25) is 0 Å². The molecule has 18 heavy (non-hydrogen) atoms. The lowest BCUT2D eigenvalue weighted by molar-refractivity contribution is 0.0861. The van der Waals surface area contributed by atoms with E-state index in [0.29, 0.717) is 18.1 Å². The van der Waals surface area contributed by atoms with Crippen molar-refractivity contribution in [3.05, 3.63) is 18.1 Å². The maximum atomic E-state index is 11.9. The summed E-state index contributed by atoms with van der Waals surface area (Å²) in [4.78, 5) is 20.1. The average Bonchev–Trinajstić information content (AvgIpc) is 2.76. The number of nitrogens with zero attached hydrogens (tertiary/aromatic N) is 2. The molecule has 0 saturated carbocycles. The summed E-state index contributed by atoms with van der Waals surface area (Å²) in [7, 11) is 0. The SMILES string of the molecule is CCNc1cnc(C(=O)NC2CCOC2C)cn1. The number of ether oxygens (including phenoxy) is 1. The van der Waals surface area contributed by atoms with Crippen LogP contribution in [0, 0.1) is 0 Å². The summed E-state index contributed by atoms with van der Waals surface area (Å²) < 4.78 is 5.39. The maximum absolute atomic E-state index is 11.9. The van der Waals surface area contributed by atoms with E-state index in [1.165, 1.54) is 6.20 Å². The lowest BCUT2D eigenvalue weighted by Crippen LogP contribution is -2.39. The second kappa shape index (κ2) is 5.77. The third kappa shape index (κ3) is 2.95. The molecule has 2 atom stereocenters. The molecule has 1 aromatic rings. The van der Waals surface area contributed by atoms with E-state index >= 15 is 0 Å². The largest absolute Gasteiger partial charge is 0.376 e. The van der Waals surface area contributed by atoms with Crippen LogP contribution in [0.15, 0.2) is 12.4 Å². The zero-order chi connectivity index (χ0) is 13.0. The van der Waals surface area contributed by atoms with Crippen LogP contribution in [0.4, 0.5) is 5.82 Å². The van der Waals surface area contributed by atoms with Gasteiger partial charge in [0.15, 0.2) is 0 Å². The molecule has 1 aliphatic rings. The van der Waals surface area contributed by atoms with E-state index in [9.17, 15) is 4.79 Å². The standard InChI is InChI=1S/C12H18N4O2/c1-3-13-11-7-14-10(6-15-11)12(17)16-9-4-5-18-8(9)2/h6-9H,3-5H2,1-2H3,(H,13,15)(H,16,17). The van der Waals surface area contributed by atoms with Gasteiger partial charge in [0.1, 0.15) is 11.5 Å². The number of carbonyl (C=O) groups is 1. The van der Waals surface area contributed by atoms with Crippen molar-refractivity contribution in [3.63, 3.8) is 0 Å². The molecule has 0 aromatic carbocycles. The highest BCUT2D eigenvalue weighted by Gasteiger charge is 2.26. The van der Waals surface area contributed by atoms with Crippen LogP contribution in [0.5, 0.6) is 0 Å². The van der Waals surface area contributed by atoms with Crippen LogP contribution >= 0.6 is 0 Å². The molecule has 2 rings (SSSR count). The zero-order valence-corrected chi connectivity index (χ0v) is 10.6. The number of aromatic nitrogens is 2. The summed E-state index contributed by atoms with van der Waals surface area (Å²) in [5, 5.41) is 5.94. The van der Waals surface area contributed by atoms with Crippen LogP contribution in [-0.2, 0) is 4.74 Å². The van der Waals surface area contributed by atoms with Crippen molar-refractivity contribution >= 4 is 11.7 Å². The predicted molar refractivity (Wildman–Crippen MR) is 67.5 cm³/mol. The van der Waals surface area contributed by atoms with E-state index in [1.807, 2.05) is 13.8 Å². The van der Waals surface area contributed by atoms with E-state index in [2.05, 4.69) is 20.6 Å². The molecule has 1 aliphatic heterocycles. The quantitative estimate of drug-likeness (QED) is 0.827. The van der Waals surface area contributed by atoms with Gasteiger partial charge in [-0.2, -0.15) is 0 Å². The monoisotopic (exact) mass is 250 g/mol. The number of hydrogen-bond donors (Lipinski definition) is 2. The summed E-state index contributed by atoms with van der Waals surface area (Å²) in [6.07, 6.45) is 3.94. The highest BCUT2D eigenvalue weighted by atomic mass is 16.5. The topological polar surface area (TPSA) is 76.1 Å². The van der Waals surface area contributed by atoms with Crippen LogP contribution in [0.25, 0.3) is 0 Å². The third-order valence-electron chi connectivity index (χ3n) is 2.94. The molecule has 0 bridgehead atoms. The third-order valence-corrected chi connectivity index (χ3v) is 2.94. The number of rotatable bonds is 4. The first kappa shape index (κ1) is 12.8. The molecule has 98 valence electrons. The number of hydrogen-bond acceptors (Lipinski definition) is 5. The lowest BCUT2D eigenvalue weighted by atomic mass is 10.1. The van der Waals surface area contributed by atoms with Gasteiger partial charge in [-0.1, -0.05) is 0 Å². The van der Waals surface area contributed by atoms with E-state index in [-0.39, 0.29) is 18.1 Å². The van der Waals surface area contributed by atoms with Crippen molar-refractivity contribution < 1.29 is 9.53 Å². The van der Waals surface area contributed by atoms with Crippen LogP contribution < -0.4 is 10.6 Å². The van der Waals surface area contributed by atoms with Gasteiger partial charge in [-0.3, -0.25) is 4.79 Å². The molecule has 0 spiro atoms. The van der Waals surface area contributed by atoms with Crippen molar-refractivity contribution in [3.8, 4) is 0 Å². The van der Waals surface area contributed by atoms with Gasteiger partial charge in [-0.05, 0) is 20.3 Å². The molecule has 0 radical (unpaired) electrons. The van der Waals surface area contributed by atoms with Crippen molar-refractivity contribution in [2.24, 2.45) is 0 Å². The molecule has 0 aliphatic carbocycles. The number of anilines is 1. The minimum atomic E-state index is -0.201. The molecule has 6 nitrogen and oxygen atoms in total. The van der Waals surface area contributed by atoms with E-state index < -0.39 is 0 Å². The minimum Gasteiger partial charge on any atom is -0.376 e. The minimum absolute atomic E-state index is 0.0583. The Morgan fingerprint density at radius 2 is 2.33 bits per heavy atom. The molecule has 1 amide bonds. The van der Waals surface area contributed by atoms with Crippen LogP contribution in [0.1, 0.15) is 30.8 Å². The maximum Gasteiger partial charge on any atom is 0.271 e. The van der Waals surface area contributed by atoms with Gasteiger partial charge in [0.2, 0.25) is 0 Å². The molecular weight excluding hydrogens is 232 g/mol. The molecule has 1 aromatic heterocycles. The van der Waals surface area contributed by atoms with Gasteiger partial charge in [-0.25, -0.2) is 9.97 Å². The number of nitrogens with one attached hydrogen (secondary N) is 2. The molecule has 2 heterocycles. The van der Waals surface area contributed by atoms with E-state index in [4.69, 9.17) is 4.74 Å². The Labute approximate surface area is 106 Å². The van der Waals surface area contributed by atoms with E-state index in [0.717, 1.165) is 13.0 Å². The second-order valence-corrected chi connectivity index (χ2v) is 4.26. The number of carbonyl (C=O) groups excluding carboxylic acids is 1. The summed E-state index contributed by atoms with van der Waals surface area (Å²) in [6, 6.07) is 0.0627. The molecular formula is C12H18N4O2. The fourth-order valence-electron chi connectivity index (χ4n) is 1.88. The molecule has 1 saturated heterocycles. The van der Waals surface area contributed by atoms with Crippen LogP contribution in [-0.4, -0.2) is 41.2 Å². The first-order valence-corrected chi connectivity index (χ1v) is 6.19. The zero-order valence-electron chi connectivity index (χ0n) is 10.6. The highest BCUT2D eigenvalue weighted by Crippen LogP contribution is 2.13. The summed E-state index contributed by atoms with van der Waals surface area (Å²) in [5.41, 5.74) is 0.329. The smallest absolute Gasteiger partial charge is 0.271 e. The van der Waals surface area contributed by atoms with Crippen molar-refractivity contribution in [2.45, 2.75) is 32.4 Å². The van der Waals surface area contributed by atoms with Crippen molar-refractivity contribution in [1.29, 1.82) is 0 Å². The summed E-state index contributed by atoms with van der Waals surface area (Å²) in [6.45, 7) is 5.40. The molecule has 2 unspecified atom stereocenters. The van der Waals surface area contributed by atoms with Gasteiger partial charge >= 0.3 is 0 Å². The number of amides is 1. The lowest BCUT2D eigenvalue weighted by Gasteiger charge is -2.15. The Bertz CT molecular complexity index is 407. The van der Waals surface area contributed by atoms with Crippen molar-refractivity contribution in [2.75, 3.05) is 18.5 Å². The first-order chi connectivity index (χ1) is 8.70. The van der Waals surface area contributed by atoms with Gasteiger partial charge in [-0.15, -0.1) is 0 Å². The Kier molecular flexibility index (Phi) is 4.09. The Morgan fingerprint density at radius 1 is 1.50 bits per heavy atom. The van der Waals surface area contributed by atoms with Crippen LogP contribution in [0.3, 0.4) is 0 Å². The van der Waals surface area contributed by atoms with Gasteiger partial charge in [0.25, 0.3) is 5.91 Å². The average molecular weight is 250 g/mol. The second-order valence-electron chi connectivity index (χ2n) is 4.26. The fourth-order valence-corrected chi connectivity index (χ4v) is 1.88. The first-order valence-electron chi connectivity index (χ1n) is 6.19. The Balaban J connectivity index is 1.96. The Morgan fingerprint density at radius 3 is 2.89 bits per heavy atom. The molecule has 6 heteroatoms. The predicted octanol–water partition coefficient (Wildman–Crippen LogP) is 0.816. The van der Waals surface area contributed by atoms with Crippen molar-refractivity contribution in [1.82, 2.24) is 15.3 Å². The fraction of sp³-hybridized carbons (Fsp3) is 0.583. The van der Waals surface area contributed by atoms with Gasteiger partial charge in [0, 0.05) is 13.2 Å². The summed E-state index contributed by atoms with van der Waals surface area (Å²) >= 11 is 0. The highest BCUT2D eigenvalue weighted by molar-refractivity contribution is 5.92. The Hall–Kier alpha value is -1.69.